The van der Waals surface area contributed by atoms with Gasteiger partial charge in [0, 0.05) is 6.54 Å². The van der Waals surface area contributed by atoms with Crippen LogP contribution in [0.25, 0.3) is 0 Å². The van der Waals surface area contributed by atoms with Crippen LogP contribution in [-0.4, -0.2) is 49.0 Å². The van der Waals surface area contributed by atoms with Gasteiger partial charge in [0.1, 0.15) is 6.04 Å². The Balaban J connectivity index is 1.68. The Labute approximate surface area is 167 Å². The lowest BCUT2D eigenvalue weighted by Crippen LogP contribution is -2.50. The molecule has 3 rings (SSSR count). The molecule has 3 atom stereocenters. The van der Waals surface area contributed by atoms with Crippen molar-refractivity contribution >= 4 is 15.9 Å². The van der Waals surface area contributed by atoms with Crippen molar-refractivity contribution < 1.29 is 18.3 Å². The number of nitrogens with zero attached hydrogens (tertiary/aromatic N) is 1. The van der Waals surface area contributed by atoms with Crippen molar-refractivity contribution in [3.05, 3.63) is 54.1 Å². The molecule has 0 saturated carbocycles. The highest BCUT2D eigenvalue weighted by atomic mass is 32.2. The Kier molecular flexibility index (Phi) is 6.69. The van der Waals surface area contributed by atoms with Gasteiger partial charge >= 0.3 is 0 Å². The Hall–Kier alpha value is -1.96. The van der Waals surface area contributed by atoms with Crippen molar-refractivity contribution in [1.82, 2.24) is 9.62 Å². The molecule has 2 aliphatic rings. The van der Waals surface area contributed by atoms with Crippen LogP contribution in [0.4, 0.5) is 0 Å². The van der Waals surface area contributed by atoms with E-state index in [1.54, 1.807) is 24.3 Å². The second-order valence-electron chi connectivity index (χ2n) is 7.52. The van der Waals surface area contributed by atoms with Gasteiger partial charge in [-0.3, -0.25) is 4.79 Å². The quantitative estimate of drug-likeness (QED) is 0.729. The zero-order valence-electron chi connectivity index (χ0n) is 16.1. The average Bonchev–Trinajstić information content (AvgIpc) is 3.19. The Morgan fingerprint density at radius 2 is 2.04 bits per heavy atom. The number of aliphatic hydroxyl groups excluding tert-OH is 1. The van der Waals surface area contributed by atoms with Gasteiger partial charge in [-0.05, 0) is 50.7 Å². The van der Waals surface area contributed by atoms with Gasteiger partial charge in [-0.15, -0.1) is 0 Å². The molecule has 152 valence electrons. The van der Waals surface area contributed by atoms with E-state index in [0.29, 0.717) is 25.8 Å². The van der Waals surface area contributed by atoms with Crippen LogP contribution in [-0.2, 0) is 14.8 Å². The highest BCUT2D eigenvalue weighted by molar-refractivity contribution is 7.89. The number of rotatable bonds is 7. The summed E-state index contributed by atoms with van der Waals surface area (Å²) in [4.78, 5) is 13.0. The van der Waals surface area contributed by atoms with E-state index in [2.05, 4.69) is 17.5 Å². The standard InChI is InChI=1S/C21H28N2O4S/c1-16-9-11-19(12-10-16)28(26,27)23-13-5-8-20(23)21(25)22-18(15-24)14-17-6-3-2-4-7-17/h2-4,6,9-12,17-18,20,24H,5,7-8,13-15H2,1H3,(H,22,25)/t17?,18-,20+/m0/s1. The summed E-state index contributed by atoms with van der Waals surface area (Å²) in [6, 6.07) is 5.55. The van der Waals surface area contributed by atoms with Gasteiger partial charge in [0.25, 0.3) is 0 Å². The van der Waals surface area contributed by atoms with E-state index in [4.69, 9.17) is 0 Å². The smallest absolute Gasteiger partial charge is 0.243 e. The van der Waals surface area contributed by atoms with Crippen molar-refractivity contribution in [2.45, 2.75) is 49.6 Å². The van der Waals surface area contributed by atoms with Gasteiger partial charge in [0.2, 0.25) is 15.9 Å². The van der Waals surface area contributed by atoms with E-state index in [1.165, 1.54) is 4.31 Å². The number of hydrogen-bond donors (Lipinski definition) is 2. The molecule has 1 aliphatic heterocycles. The molecule has 28 heavy (non-hydrogen) atoms. The topological polar surface area (TPSA) is 86.7 Å². The maximum atomic E-state index is 13.0. The maximum absolute atomic E-state index is 13.0. The van der Waals surface area contributed by atoms with E-state index >= 15 is 0 Å². The molecule has 0 bridgehead atoms. The molecule has 1 aromatic carbocycles. The van der Waals surface area contributed by atoms with Crippen molar-refractivity contribution in [3.63, 3.8) is 0 Å². The zero-order valence-corrected chi connectivity index (χ0v) is 16.9. The van der Waals surface area contributed by atoms with Crippen LogP contribution >= 0.6 is 0 Å². The molecule has 0 radical (unpaired) electrons. The molecule has 7 heteroatoms. The molecule has 1 saturated heterocycles. The fraction of sp³-hybridized carbons (Fsp3) is 0.476. The van der Waals surface area contributed by atoms with E-state index < -0.39 is 22.1 Å². The van der Waals surface area contributed by atoms with E-state index in [1.807, 2.05) is 19.1 Å². The maximum Gasteiger partial charge on any atom is 0.243 e. The number of nitrogens with one attached hydrogen (secondary N) is 1. The molecule has 2 N–H and O–H groups in total. The molecule has 1 aliphatic carbocycles. The monoisotopic (exact) mass is 404 g/mol. The lowest BCUT2D eigenvalue weighted by molar-refractivity contribution is -0.125. The third-order valence-corrected chi connectivity index (χ3v) is 7.28. The minimum atomic E-state index is -3.73. The van der Waals surface area contributed by atoms with E-state index in [-0.39, 0.29) is 23.3 Å². The fourth-order valence-corrected chi connectivity index (χ4v) is 5.44. The van der Waals surface area contributed by atoms with Crippen LogP contribution in [0.1, 0.15) is 31.2 Å². The van der Waals surface area contributed by atoms with Gasteiger partial charge < -0.3 is 10.4 Å². The molecule has 0 spiro atoms. The first kappa shape index (κ1) is 20.8. The fourth-order valence-electron chi connectivity index (χ4n) is 3.78. The summed E-state index contributed by atoms with van der Waals surface area (Å²) in [7, 11) is -3.73. The zero-order chi connectivity index (χ0) is 20.1. The van der Waals surface area contributed by atoms with Gasteiger partial charge in [0.05, 0.1) is 17.5 Å². The summed E-state index contributed by atoms with van der Waals surface area (Å²) in [5.41, 5.74) is 0.979. The van der Waals surface area contributed by atoms with Crippen LogP contribution in [0.3, 0.4) is 0 Å². The summed E-state index contributed by atoms with van der Waals surface area (Å²) in [5.74, 6) is -0.0685. The molecule has 1 aromatic rings. The number of carbonyl (C=O) groups excluding carboxylic acids is 1. The Morgan fingerprint density at radius 3 is 2.68 bits per heavy atom. The number of allylic oxidation sites excluding steroid dienone is 4. The lowest BCUT2D eigenvalue weighted by Gasteiger charge is -2.27. The second-order valence-corrected chi connectivity index (χ2v) is 9.41. The summed E-state index contributed by atoms with van der Waals surface area (Å²) < 4.78 is 27.3. The van der Waals surface area contributed by atoms with Crippen molar-refractivity contribution in [2.75, 3.05) is 13.2 Å². The van der Waals surface area contributed by atoms with Crippen molar-refractivity contribution in [2.24, 2.45) is 5.92 Å². The predicted octanol–water partition coefficient (Wildman–Crippen LogP) is 2.15. The summed E-state index contributed by atoms with van der Waals surface area (Å²) in [6.07, 6.45) is 10.7. The van der Waals surface area contributed by atoms with E-state index in [0.717, 1.165) is 12.0 Å². The predicted molar refractivity (Wildman–Crippen MR) is 108 cm³/mol. The van der Waals surface area contributed by atoms with Gasteiger partial charge in [0.15, 0.2) is 0 Å². The summed E-state index contributed by atoms with van der Waals surface area (Å²) in [5, 5.41) is 12.6. The highest BCUT2D eigenvalue weighted by Gasteiger charge is 2.39. The number of benzene rings is 1. The highest BCUT2D eigenvalue weighted by Crippen LogP contribution is 2.27. The molecular formula is C21H28N2O4S. The Bertz CT molecular complexity index is 846. The molecular weight excluding hydrogens is 376 g/mol. The number of aryl methyl sites for hydroxylation is 1. The lowest BCUT2D eigenvalue weighted by atomic mass is 9.93. The van der Waals surface area contributed by atoms with Crippen LogP contribution in [0.5, 0.6) is 0 Å². The SMILES string of the molecule is Cc1ccc(S(=O)(=O)N2CCC[C@@H]2C(=O)N[C@H](CO)CC2C=CC=CC2)cc1. The van der Waals surface area contributed by atoms with E-state index in [9.17, 15) is 18.3 Å². The third kappa shape index (κ3) is 4.71. The molecule has 6 nitrogen and oxygen atoms in total. The van der Waals surface area contributed by atoms with Crippen LogP contribution in [0.2, 0.25) is 0 Å². The van der Waals surface area contributed by atoms with Crippen LogP contribution < -0.4 is 5.32 Å². The summed E-state index contributed by atoms with van der Waals surface area (Å²) in [6.45, 7) is 2.06. The number of aliphatic hydroxyl groups is 1. The van der Waals surface area contributed by atoms with Crippen LogP contribution in [0, 0.1) is 12.8 Å². The van der Waals surface area contributed by atoms with Crippen LogP contribution in [0.15, 0.2) is 53.5 Å². The largest absolute Gasteiger partial charge is 0.394 e. The molecule has 0 aromatic heterocycles. The third-order valence-electron chi connectivity index (χ3n) is 5.36. The number of amides is 1. The number of sulfonamides is 1. The minimum absolute atomic E-state index is 0.169. The first-order chi connectivity index (χ1) is 13.4. The van der Waals surface area contributed by atoms with Gasteiger partial charge in [-0.2, -0.15) is 4.31 Å². The molecule has 1 unspecified atom stereocenters. The minimum Gasteiger partial charge on any atom is -0.394 e. The number of hydrogen-bond acceptors (Lipinski definition) is 4. The molecule has 1 heterocycles. The van der Waals surface area contributed by atoms with Crippen molar-refractivity contribution in [1.29, 1.82) is 0 Å². The second kappa shape index (κ2) is 9.03. The van der Waals surface area contributed by atoms with Gasteiger partial charge in [-0.25, -0.2) is 8.42 Å². The first-order valence-electron chi connectivity index (χ1n) is 9.75. The number of carbonyl (C=O) groups is 1. The Morgan fingerprint density at radius 1 is 1.29 bits per heavy atom. The molecule has 1 amide bonds. The van der Waals surface area contributed by atoms with Crippen molar-refractivity contribution in [3.8, 4) is 0 Å². The summed E-state index contributed by atoms with van der Waals surface area (Å²) >= 11 is 0. The average molecular weight is 405 g/mol. The normalized spacial score (nSPS) is 23.6. The van der Waals surface area contributed by atoms with Gasteiger partial charge in [-0.1, -0.05) is 42.0 Å². The molecule has 1 fully saturated rings. The first-order valence-corrected chi connectivity index (χ1v) is 11.2.